The van der Waals surface area contributed by atoms with E-state index in [-0.39, 0.29) is 11.9 Å². The molecule has 2 aromatic carbocycles. The van der Waals surface area contributed by atoms with Crippen molar-refractivity contribution < 1.29 is 14.3 Å². The quantitative estimate of drug-likeness (QED) is 0.823. The van der Waals surface area contributed by atoms with Crippen molar-refractivity contribution >= 4 is 5.91 Å². The lowest BCUT2D eigenvalue weighted by atomic mass is 10.00. The monoisotopic (exact) mass is 378 g/mol. The van der Waals surface area contributed by atoms with Gasteiger partial charge in [0.25, 0.3) is 0 Å². The van der Waals surface area contributed by atoms with Crippen LogP contribution in [-0.2, 0) is 17.8 Å². The summed E-state index contributed by atoms with van der Waals surface area (Å²) in [6, 6.07) is 15.0. The van der Waals surface area contributed by atoms with Gasteiger partial charge in [-0.1, -0.05) is 30.3 Å². The van der Waals surface area contributed by atoms with Gasteiger partial charge in [-0.15, -0.1) is 0 Å². The zero-order chi connectivity index (χ0) is 18.9. The Hall–Kier alpha value is -2.53. The summed E-state index contributed by atoms with van der Waals surface area (Å²) in [4.78, 5) is 17.4. The van der Waals surface area contributed by atoms with E-state index in [1.165, 1.54) is 16.7 Å². The molecule has 0 aliphatic carbocycles. The average molecular weight is 378 g/mol. The number of hydrogen-bond donors (Lipinski definition) is 0. The molecule has 1 unspecified atom stereocenters. The van der Waals surface area contributed by atoms with Gasteiger partial charge in [0.2, 0.25) is 5.91 Å². The average Bonchev–Trinajstić information content (AvgIpc) is 3.21. The summed E-state index contributed by atoms with van der Waals surface area (Å²) in [5.74, 6) is 1.89. The van der Waals surface area contributed by atoms with Crippen molar-refractivity contribution in [3.8, 4) is 11.5 Å². The molecule has 0 radical (unpaired) electrons. The van der Waals surface area contributed by atoms with Gasteiger partial charge >= 0.3 is 0 Å². The Kier molecular flexibility index (Phi) is 4.69. The molecule has 146 valence electrons. The largest absolute Gasteiger partial charge is 0.486 e. The lowest BCUT2D eigenvalue weighted by molar-refractivity contribution is -0.133. The fraction of sp³-hybridized carbons (Fsp3) is 0.435. The van der Waals surface area contributed by atoms with Crippen molar-refractivity contribution in [3.05, 3.63) is 59.2 Å². The third kappa shape index (κ3) is 3.35. The predicted molar refractivity (Wildman–Crippen MR) is 107 cm³/mol. The van der Waals surface area contributed by atoms with Gasteiger partial charge in [0, 0.05) is 19.1 Å². The molecule has 5 rings (SSSR count). The van der Waals surface area contributed by atoms with Crippen LogP contribution in [0.3, 0.4) is 0 Å². The number of rotatable bonds is 3. The summed E-state index contributed by atoms with van der Waals surface area (Å²) in [5.41, 5.74) is 3.88. The molecule has 1 fully saturated rings. The number of ether oxygens (including phenoxy) is 2. The van der Waals surface area contributed by atoms with Gasteiger partial charge in [0.05, 0.1) is 6.54 Å². The van der Waals surface area contributed by atoms with Crippen LogP contribution in [0.2, 0.25) is 0 Å². The van der Waals surface area contributed by atoms with E-state index in [0.29, 0.717) is 19.8 Å². The first-order valence-electron chi connectivity index (χ1n) is 10.3. The number of hydrogen-bond acceptors (Lipinski definition) is 4. The minimum absolute atomic E-state index is 0.235. The summed E-state index contributed by atoms with van der Waals surface area (Å²) in [7, 11) is 0. The van der Waals surface area contributed by atoms with Crippen molar-refractivity contribution in [2.24, 2.45) is 0 Å². The zero-order valence-corrected chi connectivity index (χ0v) is 16.1. The molecule has 0 bridgehead atoms. The van der Waals surface area contributed by atoms with E-state index >= 15 is 0 Å². The molecular formula is C23H26N2O3. The molecule has 1 atom stereocenters. The van der Waals surface area contributed by atoms with Gasteiger partial charge in [-0.05, 0) is 54.6 Å². The number of amides is 1. The minimum Gasteiger partial charge on any atom is -0.486 e. The maximum atomic E-state index is 13.0. The van der Waals surface area contributed by atoms with Crippen molar-refractivity contribution in [2.75, 3.05) is 32.8 Å². The topological polar surface area (TPSA) is 42.0 Å². The van der Waals surface area contributed by atoms with Crippen molar-refractivity contribution in [2.45, 2.75) is 31.8 Å². The molecule has 5 heteroatoms. The normalized spacial score (nSPS) is 21.4. The SMILES string of the molecule is O=C(CN1CCCC1c1ccc2c(c1)OCCO2)N1CCc2ccccc2C1. The second kappa shape index (κ2) is 7.47. The number of fused-ring (bicyclic) bond motifs is 2. The van der Waals surface area contributed by atoms with Gasteiger partial charge in [-0.3, -0.25) is 9.69 Å². The third-order valence-corrected chi connectivity index (χ3v) is 6.14. The molecular weight excluding hydrogens is 352 g/mol. The Labute approximate surface area is 165 Å². The summed E-state index contributed by atoms with van der Waals surface area (Å²) >= 11 is 0. The molecule has 0 saturated carbocycles. The third-order valence-electron chi connectivity index (χ3n) is 6.14. The standard InChI is InChI=1S/C23H26N2O3/c26-23(25-11-9-17-4-1-2-5-19(17)15-25)16-24-10-3-6-20(24)18-7-8-21-22(14-18)28-13-12-27-21/h1-2,4-5,7-8,14,20H,3,6,9-13,15-16H2. The van der Waals surface area contributed by atoms with E-state index in [9.17, 15) is 4.79 Å². The smallest absolute Gasteiger partial charge is 0.237 e. The first-order chi connectivity index (χ1) is 13.8. The Morgan fingerprint density at radius 3 is 2.71 bits per heavy atom. The van der Waals surface area contributed by atoms with E-state index in [1.807, 2.05) is 11.0 Å². The Bertz CT molecular complexity index is 882. The highest BCUT2D eigenvalue weighted by Gasteiger charge is 2.30. The Morgan fingerprint density at radius 1 is 1.00 bits per heavy atom. The number of carbonyl (C=O) groups excluding carboxylic acids is 1. The second-order valence-corrected chi connectivity index (χ2v) is 7.87. The van der Waals surface area contributed by atoms with Crippen LogP contribution in [0, 0.1) is 0 Å². The van der Waals surface area contributed by atoms with Crippen LogP contribution in [0.5, 0.6) is 11.5 Å². The van der Waals surface area contributed by atoms with Crippen molar-refractivity contribution in [3.63, 3.8) is 0 Å². The van der Waals surface area contributed by atoms with E-state index in [4.69, 9.17) is 9.47 Å². The van der Waals surface area contributed by atoms with E-state index in [0.717, 1.165) is 50.4 Å². The Balaban J connectivity index is 1.28. The highest BCUT2D eigenvalue weighted by Crippen LogP contribution is 2.38. The Morgan fingerprint density at radius 2 is 1.82 bits per heavy atom. The zero-order valence-electron chi connectivity index (χ0n) is 16.1. The van der Waals surface area contributed by atoms with Crippen molar-refractivity contribution in [1.29, 1.82) is 0 Å². The molecule has 5 nitrogen and oxygen atoms in total. The van der Waals surface area contributed by atoms with Crippen LogP contribution in [0.4, 0.5) is 0 Å². The van der Waals surface area contributed by atoms with E-state index in [2.05, 4.69) is 41.3 Å². The van der Waals surface area contributed by atoms with Crippen LogP contribution < -0.4 is 9.47 Å². The van der Waals surface area contributed by atoms with Gasteiger partial charge in [0.1, 0.15) is 13.2 Å². The second-order valence-electron chi connectivity index (χ2n) is 7.87. The molecule has 2 aromatic rings. The maximum Gasteiger partial charge on any atom is 0.237 e. The van der Waals surface area contributed by atoms with Gasteiger partial charge in [-0.25, -0.2) is 0 Å². The molecule has 0 N–H and O–H groups in total. The number of benzene rings is 2. The highest BCUT2D eigenvalue weighted by atomic mass is 16.6. The van der Waals surface area contributed by atoms with Crippen LogP contribution in [-0.4, -0.2) is 48.6 Å². The first kappa shape index (κ1) is 17.6. The van der Waals surface area contributed by atoms with Crippen LogP contribution in [0.15, 0.2) is 42.5 Å². The predicted octanol–water partition coefficient (Wildman–Crippen LogP) is 3.18. The van der Waals surface area contributed by atoms with Gasteiger partial charge < -0.3 is 14.4 Å². The summed E-state index contributed by atoms with van der Waals surface area (Å²) < 4.78 is 11.4. The molecule has 0 spiro atoms. The summed E-state index contributed by atoms with van der Waals surface area (Å²) in [6.45, 7) is 4.21. The first-order valence-corrected chi connectivity index (χ1v) is 10.3. The molecule has 28 heavy (non-hydrogen) atoms. The fourth-order valence-corrected chi connectivity index (χ4v) is 4.64. The van der Waals surface area contributed by atoms with Gasteiger partial charge in [-0.2, -0.15) is 0 Å². The number of carbonyl (C=O) groups is 1. The van der Waals surface area contributed by atoms with Gasteiger partial charge in [0.15, 0.2) is 11.5 Å². The summed E-state index contributed by atoms with van der Waals surface area (Å²) in [6.07, 6.45) is 3.15. The lowest BCUT2D eigenvalue weighted by Gasteiger charge is -2.32. The fourth-order valence-electron chi connectivity index (χ4n) is 4.64. The molecule has 3 aliphatic rings. The summed E-state index contributed by atoms with van der Waals surface area (Å²) in [5, 5.41) is 0. The molecule has 3 aliphatic heterocycles. The van der Waals surface area contributed by atoms with E-state index < -0.39 is 0 Å². The van der Waals surface area contributed by atoms with E-state index in [1.54, 1.807) is 0 Å². The maximum absolute atomic E-state index is 13.0. The minimum atomic E-state index is 0.235. The number of likely N-dealkylation sites (tertiary alicyclic amines) is 1. The van der Waals surface area contributed by atoms with Crippen LogP contribution in [0.1, 0.15) is 35.6 Å². The van der Waals surface area contributed by atoms with Crippen molar-refractivity contribution in [1.82, 2.24) is 9.80 Å². The molecule has 3 heterocycles. The molecule has 1 saturated heterocycles. The molecule has 0 aromatic heterocycles. The van der Waals surface area contributed by atoms with Crippen LogP contribution in [0.25, 0.3) is 0 Å². The number of nitrogens with zero attached hydrogens (tertiary/aromatic N) is 2. The molecule has 1 amide bonds. The lowest BCUT2D eigenvalue weighted by Crippen LogP contribution is -2.42. The highest BCUT2D eigenvalue weighted by molar-refractivity contribution is 5.78. The van der Waals surface area contributed by atoms with Crippen LogP contribution >= 0.6 is 0 Å².